The molecule has 6 rings (SSSR count). The second kappa shape index (κ2) is 6.62. The van der Waals surface area contributed by atoms with Gasteiger partial charge >= 0.3 is 7.12 Å². The zero-order valence-electron chi connectivity index (χ0n) is 21.2. The standard InChI is InChI=1S/C25H41BN2O4/c1-17-19(26-31-20(3,4)21(5,6)32-26)9-27-28(17)16-24-11-22(7)10-23(8,12-24)14-25(13-22,15-24)30-18(2)29/h9,18,29H,10-16H2,1-8H3. The summed E-state index contributed by atoms with van der Waals surface area (Å²) in [5, 5.41) is 15.0. The average Bonchev–Trinajstić information content (AvgIpc) is 2.98. The molecule has 1 saturated heterocycles. The maximum atomic E-state index is 10.1. The van der Waals surface area contributed by atoms with Crippen LogP contribution in [0.25, 0.3) is 0 Å². The summed E-state index contributed by atoms with van der Waals surface area (Å²) in [6, 6.07) is 0. The van der Waals surface area contributed by atoms with Gasteiger partial charge in [0.1, 0.15) is 0 Å². The number of aromatic nitrogens is 2. The van der Waals surface area contributed by atoms with Gasteiger partial charge in [0, 0.05) is 23.9 Å². The fourth-order valence-electron chi connectivity index (χ4n) is 8.62. The van der Waals surface area contributed by atoms with Gasteiger partial charge in [0.2, 0.25) is 0 Å². The van der Waals surface area contributed by atoms with Gasteiger partial charge in [-0.3, -0.25) is 4.68 Å². The Labute approximate surface area is 193 Å². The van der Waals surface area contributed by atoms with Crippen molar-refractivity contribution in [3.63, 3.8) is 0 Å². The fraction of sp³-hybridized carbons (Fsp3) is 0.880. The molecule has 7 heteroatoms. The van der Waals surface area contributed by atoms with Crippen LogP contribution in [0.1, 0.15) is 92.7 Å². The Balaban J connectivity index is 1.44. The molecule has 5 fully saturated rings. The minimum Gasteiger partial charge on any atom is -0.399 e. The van der Waals surface area contributed by atoms with E-state index >= 15 is 0 Å². The van der Waals surface area contributed by atoms with Crippen molar-refractivity contribution < 1.29 is 19.2 Å². The topological polar surface area (TPSA) is 65.7 Å². The molecule has 5 aliphatic rings. The van der Waals surface area contributed by atoms with Gasteiger partial charge < -0.3 is 19.2 Å². The number of rotatable bonds is 5. The predicted octanol–water partition coefficient (Wildman–Crippen LogP) is 3.96. The maximum absolute atomic E-state index is 10.1. The van der Waals surface area contributed by atoms with Crippen LogP contribution in [0.5, 0.6) is 0 Å². The summed E-state index contributed by atoms with van der Waals surface area (Å²) in [7, 11) is -0.384. The van der Waals surface area contributed by atoms with Crippen molar-refractivity contribution in [2.45, 2.75) is 124 Å². The molecule has 3 unspecified atom stereocenters. The monoisotopic (exact) mass is 444 g/mol. The summed E-state index contributed by atoms with van der Waals surface area (Å²) >= 11 is 0. The van der Waals surface area contributed by atoms with E-state index in [4.69, 9.17) is 19.1 Å². The SMILES string of the molecule is Cc1c(B2OC(C)(C)C(C)(C)O2)cnn1CC12CC3(C)CC(C)(C1)CC(OC(C)O)(C3)C2. The van der Waals surface area contributed by atoms with Crippen LogP contribution in [-0.4, -0.2) is 45.1 Å². The number of nitrogens with zero attached hydrogens (tertiary/aromatic N) is 2. The predicted molar refractivity (Wildman–Crippen MR) is 125 cm³/mol. The molecule has 0 radical (unpaired) electrons. The molecule has 3 atom stereocenters. The molecule has 178 valence electrons. The van der Waals surface area contributed by atoms with Gasteiger partial charge in [0.05, 0.1) is 16.8 Å². The summed E-state index contributed by atoms with van der Waals surface area (Å²) in [4.78, 5) is 0. The van der Waals surface area contributed by atoms with E-state index < -0.39 is 6.29 Å². The first kappa shape index (κ1) is 22.9. The zero-order valence-corrected chi connectivity index (χ0v) is 21.2. The highest BCUT2D eigenvalue weighted by atomic mass is 16.7. The lowest BCUT2D eigenvalue weighted by Gasteiger charge is -2.69. The highest BCUT2D eigenvalue weighted by molar-refractivity contribution is 6.62. The van der Waals surface area contributed by atoms with Crippen LogP contribution in [0, 0.1) is 23.2 Å². The Morgan fingerprint density at radius 1 is 1.00 bits per heavy atom. The first-order valence-corrected chi connectivity index (χ1v) is 12.3. The van der Waals surface area contributed by atoms with E-state index in [-0.39, 0.29) is 40.2 Å². The summed E-state index contributed by atoms with van der Waals surface area (Å²) in [5.74, 6) is 0. The molecule has 1 aromatic rings. The lowest BCUT2D eigenvalue weighted by atomic mass is 9.39. The van der Waals surface area contributed by atoms with Crippen molar-refractivity contribution in [2.24, 2.45) is 16.2 Å². The number of hydrogen-bond acceptors (Lipinski definition) is 5. The molecule has 4 aliphatic carbocycles. The first-order valence-electron chi connectivity index (χ1n) is 12.3. The molecule has 32 heavy (non-hydrogen) atoms. The highest BCUT2D eigenvalue weighted by Gasteiger charge is 2.66. The van der Waals surface area contributed by atoms with Gasteiger partial charge in [0.15, 0.2) is 6.29 Å². The van der Waals surface area contributed by atoms with Gasteiger partial charge in [-0.2, -0.15) is 5.10 Å². The summed E-state index contributed by atoms with van der Waals surface area (Å²) in [6.45, 7) is 18.0. The normalized spacial score (nSPS) is 42.6. The van der Waals surface area contributed by atoms with Gasteiger partial charge in [-0.05, 0) is 96.3 Å². The Morgan fingerprint density at radius 3 is 2.09 bits per heavy atom. The van der Waals surface area contributed by atoms with E-state index in [1.54, 1.807) is 6.92 Å². The van der Waals surface area contributed by atoms with Crippen LogP contribution in [0.3, 0.4) is 0 Å². The van der Waals surface area contributed by atoms with E-state index in [2.05, 4.69) is 53.1 Å². The Hall–Kier alpha value is -0.885. The zero-order chi connectivity index (χ0) is 23.4. The van der Waals surface area contributed by atoms with Crippen molar-refractivity contribution in [1.29, 1.82) is 0 Å². The van der Waals surface area contributed by atoms with Crippen molar-refractivity contribution >= 4 is 12.6 Å². The highest BCUT2D eigenvalue weighted by Crippen LogP contribution is 2.72. The van der Waals surface area contributed by atoms with Crippen LogP contribution in [0.15, 0.2) is 6.20 Å². The molecule has 0 amide bonds. The van der Waals surface area contributed by atoms with E-state index in [1.165, 1.54) is 19.3 Å². The number of aliphatic hydroxyl groups excluding tert-OH is 1. The molecule has 1 aliphatic heterocycles. The van der Waals surface area contributed by atoms with Crippen LogP contribution in [0.4, 0.5) is 0 Å². The molecule has 0 spiro atoms. The molecule has 1 N–H and O–H groups in total. The van der Waals surface area contributed by atoms with Crippen molar-refractivity contribution in [3.05, 3.63) is 11.9 Å². The van der Waals surface area contributed by atoms with Crippen LogP contribution >= 0.6 is 0 Å². The van der Waals surface area contributed by atoms with E-state index in [0.29, 0.717) is 0 Å². The first-order chi connectivity index (χ1) is 14.6. The minimum absolute atomic E-state index is 0.136. The third-order valence-corrected chi connectivity index (χ3v) is 9.21. The van der Waals surface area contributed by atoms with Crippen LogP contribution in [0.2, 0.25) is 0 Å². The molecule has 6 nitrogen and oxygen atoms in total. The van der Waals surface area contributed by atoms with Crippen molar-refractivity contribution in [2.75, 3.05) is 0 Å². The second-order valence-electron chi connectivity index (χ2n) is 13.5. The lowest BCUT2D eigenvalue weighted by molar-refractivity contribution is -0.287. The van der Waals surface area contributed by atoms with E-state index in [0.717, 1.165) is 37.0 Å². The largest absolute Gasteiger partial charge is 0.498 e. The number of aliphatic hydroxyl groups is 1. The quantitative estimate of drug-likeness (QED) is 0.550. The number of hydrogen-bond donors (Lipinski definition) is 1. The van der Waals surface area contributed by atoms with E-state index in [1.807, 2.05) is 6.20 Å². The van der Waals surface area contributed by atoms with Gasteiger partial charge in [-0.25, -0.2) is 0 Å². The third kappa shape index (κ3) is 3.50. The van der Waals surface area contributed by atoms with Crippen molar-refractivity contribution in [1.82, 2.24) is 9.78 Å². The van der Waals surface area contributed by atoms with Gasteiger partial charge in [-0.1, -0.05) is 13.8 Å². The third-order valence-electron chi connectivity index (χ3n) is 9.21. The fourth-order valence-corrected chi connectivity index (χ4v) is 8.62. The van der Waals surface area contributed by atoms with Crippen LogP contribution < -0.4 is 5.46 Å². The molecule has 1 aromatic heterocycles. The molecule has 4 bridgehead atoms. The summed E-state index contributed by atoms with van der Waals surface area (Å²) < 4.78 is 21.1. The van der Waals surface area contributed by atoms with Crippen LogP contribution in [-0.2, 0) is 20.6 Å². The molecule has 0 aromatic carbocycles. The maximum Gasteiger partial charge on any atom is 0.498 e. The lowest BCUT2D eigenvalue weighted by Crippen LogP contribution is -2.64. The minimum atomic E-state index is -0.725. The molecular weight excluding hydrogens is 403 g/mol. The molecule has 2 heterocycles. The smallest absolute Gasteiger partial charge is 0.399 e. The Bertz CT molecular complexity index is 889. The summed E-state index contributed by atoms with van der Waals surface area (Å²) in [6.07, 6.45) is 7.97. The van der Waals surface area contributed by atoms with Crippen molar-refractivity contribution in [3.8, 4) is 0 Å². The summed E-state index contributed by atoms with van der Waals surface area (Å²) in [5.41, 5.74) is 1.86. The Kier molecular flexibility index (Phi) is 4.73. The number of ether oxygens (including phenoxy) is 1. The molecule has 4 saturated carbocycles. The average molecular weight is 444 g/mol. The second-order valence-corrected chi connectivity index (χ2v) is 13.5. The van der Waals surface area contributed by atoms with E-state index in [9.17, 15) is 5.11 Å². The van der Waals surface area contributed by atoms with Gasteiger partial charge in [0.25, 0.3) is 0 Å². The Morgan fingerprint density at radius 2 is 1.56 bits per heavy atom. The van der Waals surface area contributed by atoms with Gasteiger partial charge in [-0.15, -0.1) is 0 Å². The molecular formula is C25H41BN2O4.